The van der Waals surface area contributed by atoms with E-state index in [0.717, 1.165) is 4.88 Å². The maximum Gasteiger partial charge on any atom is 0.293 e. The van der Waals surface area contributed by atoms with Gasteiger partial charge in [0, 0.05) is 5.02 Å². The largest absolute Gasteiger partial charge is 0.495 e. The zero-order chi connectivity index (χ0) is 23.0. The van der Waals surface area contributed by atoms with Crippen molar-refractivity contribution in [2.75, 3.05) is 12.4 Å². The first-order chi connectivity index (χ1) is 15.2. The zero-order valence-corrected chi connectivity index (χ0v) is 19.6. The Hall–Kier alpha value is -3.17. The molecule has 0 unspecified atom stereocenters. The minimum absolute atomic E-state index is 0.280. The van der Waals surface area contributed by atoms with Gasteiger partial charge in [-0.1, -0.05) is 17.7 Å². The number of carbonyl (C=O) groups is 1. The molecular weight excluding hydrogens is 450 g/mol. The molecule has 0 atom stereocenters. The summed E-state index contributed by atoms with van der Waals surface area (Å²) in [6.45, 7) is 5.62. The molecule has 4 rings (SSSR count). The number of rotatable bonds is 5. The average Bonchev–Trinajstić information content (AvgIpc) is 3.40. The summed E-state index contributed by atoms with van der Waals surface area (Å²) in [7, 11) is 1.50. The number of hydrogen-bond donors (Lipinski definition) is 1. The molecule has 1 aromatic carbocycles. The lowest BCUT2D eigenvalue weighted by molar-refractivity contribution is -0.117. The smallest absolute Gasteiger partial charge is 0.293 e. The fraction of sp³-hybridized carbons (Fsp3) is 0.273. The Morgan fingerprint density at radius 1 is 1.28 bits per heavy atom. The molecule has 0 aliphatic carbocycles. The van der Waals surface area contributed by atoms with Crippen LogP contribution in [-0.2, 0) is 16.9 Å². The summed E-state index contributed by atoms with van der Waals surface area (Å²) in [5.41, 5.74) is 0.615. The number of methoxy groups -OCH3 is 1. The molecule has 0 saturated carbocycles. The molecule has 3 heterocycles. The van der Waals surface area contributed by atoms with Crippen LogP contribution in [-0.4, -0.2) is 32.6 Å². The van der Waals surface area contributed by atoms with Crippen molar-refractivity contribution in [3.8, 4) is 16.3 Å². The molecule has 0 radical (unpaired) electrons. The Bertz CT molecular complexity index is 1350. The van der Waals surface area contributed by atoms with Crippen molar-refractivity contribution in [2.45, 2.75) is 32.9 Å². The topological polar surface area (TPSA) is 91.0 Å². The van der Waals surface area contributed by atoms with Gasteiger partial charge >= 0.3 is 0 Å². The summed E-state index contributed by atoms with van der Waals surface area (Å²) in [6.07, 6.45) is 1.66. The first-order valence-corrected chi connectivity index (χ1v) is 11.1. The Kier molecular flexibility index (Phi) is 5.79. The highest BCUT2D eigenvalue weighted by molar-refractivity contribution is 7.13. The molecule has 1 N–H and O–H groups in total. The number of halogens is 1. The minimum atomic E-state index is -0.432. The third-order valence-electron chi connectivity index (χ3n) is 4.80. The van der Waals surface area contributed by atoms with Crippen LogP contribution in [0.5, 0.6) is 5.75 Å². The summed E-state index contributed by atoms with van der Waals surface area (Å²) < 4.78 is 8.13. The van der Waals surface area contributed by atoms with Crippen molar-refractivity contribution in [1.82, 2.24) is 19.6 Å². The number of amides is 1. The third-order valence-corrected chi connectivity index (χ3v) is 5.91. The lowest BCUT2D eigenvalue weighted by Crippen LogP contribution is -2.33. The maximum atomic E-state index is 13.4. The molecular formula is C22H22ClN5O3S. The molecule has 1 amide bonds. The predicted molar refractivity (Wildman–Crippen MR) is 127 cm³/mol. The number of hydrogen-bond acceptors (Lipinski definition) is 6. The van der Waals surface area contributed by atoms with E-state index in [2.05, 4.69) is 15.5 Å². The number of anilines is 1. The summed E-state index contributed by atoms with van der Waals surface area (Å²) in [5.74, 6) is 0.0297. The van der Waals surface area contributed by atoms with Gasteiger partial charge in [0.05, 0.1) is 34.8 Å². The van der Waals surface area contributed by atoms with E-state index >= 15 is 0 Å². The summed E-state index contributed by atoms with van der Waals surface area (Å²) in [6, 6.07) is 8.74. The normalized spacial score (nSPS) is 11.7. The molecule has 32 heavy (non-hydrogen) atoms. The number of benzene rings is 1. The number of nitrogens with one attached hydrogen (secondary N) is 1. The summed E-state index contributed by atoms with van der Waals surface area (Å²) in [5, 5.41) is 14.8. The lowest BCUT2D eigenvalue weighted by atomic mass is 10.1. The Balaban J connectivity index is 1.79. The van der Waals surface area contributed by atoms with Gasteiger partial charge in [0.15, 0.2) is 0 Å². The molecule has 4 aromatic rings. The van der Waals surface area contributed by atoms with E-state index in [9.17, 15) is 9.59 Å². The van der Waals surface area contributed by atoms with Gasteiger partial charge in [0.1, 0.15) is 23.5 Å². The molecule has 0 bridgehead atoms. The fourth-order valence-corrected chi connectivity index (χ4v) is 4.28. The highest BCUT2D eigenvalue weighted by Crippen LogP contribution is 2.30. The Morgan fingerprint density at radius 2 is 2.06 bits per heavy atom. The first-order valence-electron chi connectivity index (χ1n) is 9.85. The minimum Gasteiger partial charge on any atom is -0.495 e. The first kappa shape index (κ1) is 22.0. The van der Waals surface area contributed by atoms with Crippen LogP contribution in [0.1, 0.15) is 20.8 Å². The van der Waals surface area contributed by atoms with E-state index in [1.165, 1.54) is 23.1 Å². The van der Waals surface area contributed by atoms with Gasteiger partial charge in [0.2, 0.25) is 5.91 Å². The maximum absolute atomic E-state index is 13.4. The number of thiophene rings is 1. The standard InChI is InChI=1S/C22H22ClN5O3S/c1-22(2,3)28-20-14(11-24-28)19(17-6-5-9-32-17)26-27(21(20)30)12-18(29)25-15-10-13(23)7-8-16(15)31-4/h5-11H,12H2,1-4H3,(H,25,29). The lowest BCUT2D eigenvalue weighted by Gasteiger charge is -2.20. The van der Waals surface area contributed by atoms with Crippen molar-refractivity contribution >= 4 is 45.4 Å². The van der Waals surface area contributed by atoms with E-state index in [0.29, 0.717) is 33.1 Å². The van der Waals surface area contributed by atoms with Gasteiger partial charge in [0.25, 0.3) is 5.56 Å². The van der Waals surface area contributed by atoms with Crippen LogP contribution in [0.25, 0.3) is 21.5 Å². The van der Waals surface area contributed by atoms with E-state index in [1.54, 1.807) is 29.1 Å². The molecule has 0 fully saturated rings. The highest BCUT2D eigenvalue weighted by atomic mass is 35.5. The van der Waals surface area contributed by atoms with E-state index in [1.807, 2.05) is 38.3 Å². The fourth-order valence-electron chi connectivity index (χ4n) is 3.38. The van der Waals surface area contributed by atoms with Crippen LogP contribution in [0.3, 0.4) is 0 Å². The summed E-state index contributed by atoms with van der Waals surface area (Å²) >= 11 is 7.55. The van der Waals surface area contributed by atoms with Crippen LogP contribution >= 0.6 is 22.9 Å². The second-order valence-corrected chi connectivity index (χ2v) is 9.56. The highest BCUT2D eigenvalue weighted by Gasteiger charge is 2.24. The average molecular weight is 472 g/mol. The Labute approximate surface area is 193 Å². The summed E-state index contributed by atoms with van der Waals surface area (Å²) in [4.78, 5) is 27.1. The van der Waals surface area contributed by atoms with Gasteiger partial charge in [-0.25, -0.2) is 4.68 Å². The predicted octanol–water partition coefficient (Wildman–Crippen LogP) is 4.38. The van der Waals surface area contributed by atoms with Gasteiger partial charge in [-0.05, 0) is 50.4 Å². The molecule has 0 aliphatic rings. The van der Waals surface area contributed by atoms with Gasteiger partial charge in [-0.2, -0.15) is 10.2 Å². The van der Waals surface area contributed by atoms with Crippen LogP contribution in [0.15, 0.2) is 46.7 Å². The van der Waals surface area contributed by atoms with E-state index < -0.39 is 11.4 Å². The van der Waals surface area contributed by atoms with Crippen molar-refractivity contribution in [3.05, 3.63) is 57.3 Å². The molecule has 0 saturated heterocycles. The molecule has 0 spiro atoms. The monoisotopic (exact) mass is 471 g/mol. The third kappa shape index (κ3) is 4.13. The van der Waals surface area contributed by atoms with Crippen molar-refractivity contribution in [1.29, 1.82) is 0 Å². The van der Waals surface area contributed by atoms with Crippen LogP contribution in [0.2, 0.25) is 5.02 Å². The number of nitrogens with zero attached hydrogens (tertiary/aromatic N) is 4. The van der Waals surface area contributed by atoms with Crippen LogP contribution < -0.4 is 15.6 Å². The molecule has 8 nitrogen and oxygen atoms in total. The molecule has 0 aliphatic heterocycles. The van der Waals surface area contributed by atoms with Crippen LogP contribution in [0.4, 0.5) is 5.69 Å². The SMILES string of the molecule is COc1ccc(Cl)cc1NC(=O)Cn1nc(-c2cccs2)c2cnn(C(C)(C)C)c2c1=O. The van der Waals surface area contributed by atoms with E-state index in [4.69, 9.17) is 16.3 Å². The number of ether oxygens (including phenoxy) is 1. The van der Waals surface area contributed by atoms with Crippen molar-refractivity contribution < 1.29 is 9.53 Å². The van der Waals surface area contributed by atoms with Crippen molar-refractivity contribution in [3.63, 3.8) is 0 Å². The quantitative estimate of drug-likeness (QED) is 0.466. The molecule has 10 heteroatoms. The van der Waals surface area contributed by atoms with Gasteiger partial charge in [-0.15, -0.1) is 11.3 Å². The molecule has 166 valence electrons. The van der Waals surface area contributed by atoms with Gasteiger partial charge in [-0.3, -0.25) is 14.3 Å². The Morgan fingerprint density at radius 3 is 2.72 bits per heavy atom. The number of fused-ring (bicyclic) bond motifs is 1. The van der Waals surface area contributed by atoms with E-state index in [-0.39, 0.29) is 12.1 Å². The number of carbonyl (C=O) groups excluding carboxylic acids is 1. The number of aromatic nitrogens is 4. The molecule has 3 aromatic heterocycles. The van der Waals surface area contributed by atoms with Gasteiger partial charge < -0.3 is 10.1 Å². The zero-order valence-electron chi connectivity index (χ0n) is 18.0. The van der Waals surface area contributed by atoms with Crippen LogP contribution in [0, 0.1) is 0 Å². The second-order valence-electron chi connectivity index (χ2n) is 8.17. The van der Waals surface area contributed by atoms with Crippen molar-refractivity contribution in [2.24, 2.45) is 0 Å². The second kappa shape index (κ2) is 8.40.